The van der Waals surface area contributed by atoms with Crippen molar-refractivity contribution in [1.29, 1.82) is 0 Å². The van der Waals surface area contributed by atoms with Gasteiger partial charge in [0.1, 0.15) is 0 Å². The molecule has 11 aromatic rings. The van der Waals surface area contributed by atoms with Gasteiger partial charge in [-0.25, -0.2) is 15.0 Å². The van der Waals surface area contributed by atoms with E-state index >= 15 is 0 Å². The van der Waals surface area contributed by atoms with Gasteiger partial charge in [0, 0.05) is 27.8 Å². The zero-order valence-corrected chi connectivity index (χ0v) is 36.2. The molecule has 3 nitrogen and oxygen atoms in total. The van der Waals surface area contributed by atoms with Gasteiger partial charge in [0.05, 0.1) is 22.8 Å². The summed E-state index contributed by atoms with van der Waals surface area (Å²) >= 11 is 0. The fourth-order valence-electron chi connectivity index (χ4n) is 8.58. The van der Waals surface area contributed by atoms with Crippen molar-refractivity contribution in [3.63, 3.8) is 0 Å². The minimum atomic E-state index is 0.713. The van der Waals surface area contributed by atoms with Gasteiger partial charge in [0.15, 0.2) is 5.82 Å². The third-order valence-corrected chi connectivity index (χ3v) is 12.1. The van der Waals surface area contributed by atoms with Crippen molar-refractivity contribution in [3.8, 4) is 112 Å². The molecule has 2 heterocycles. The number of hydrogen-bond donors (Lipinski definition) is 0. The highest BCUT2D eigenvalue weighted by Gasteiger charge is 2.13. The van der Waals surface area contributed by atoms with Crippen LogP contribution in [-0.4, -0.2) is 15.0 Å². The summed E-state index contributed by atoms with van der Waals surface area (Å²) in [5, 5.41) is 0. The summed E-state index contributed by atoms with van der Waals surface area (Å²) in [5.74, 6) is 0.713. The number of benzene rings is 9. The Hall–Kier alpha value is -8.79. The molecule has 0 fully saturated rings. The molecule has 0 radical (unpaired) electrons. The van der Waals surface area contributed by atoms with Crippen LogP contribution in [0.3, 0.4) is 0 Å². The first-order valence-corrected chi connectivity index (χ1v) is 22.3. The Morgan fingerprint density at radius 2 is 0.409 bits per heavy atom. The van der Waals surface area contributed by atoms with Gasteiger partial charge in [-0.3, -0.25) is 0 Å². The monoisotopic (exact) mass is 841 g/mol. The van der Waals surface area contributed by atoms with Gasteiger partial charge < -0.3 is 0 Å². The normalized spacial score (nSPS) is 11.0. The van der Waals surface area contributed by atoms with Crippen LogP contribution in [0.4, 0.5) is 0 Å². The molecule has 0 aliphatic heterocycles. The predicted molar refractivity (Wildman–Crippen MR) is 274 cm³/mol. The molecular weight excluding hydrogens is 799 g/mol. The van der Waals surface area contributed by atoms with Gasteiger partial charge in [0.2, 0.25) is 0 Å². The van der Waals surface area contributed by atoms with Crippen LogP contribution < -0.4 is 0 Å². The molecule has 310 valence electrons. The van der Waals surface area contributed by atoms with Crippen molar-refractivity contribution in [3.05, 3.63) is 261 Å². The van der Waals surface area contributed by atoms with Crippen molar-refractivity contribution in [1.82, 2.24) is 15.0 Å². The summed E-state index contributed by atoms with van der Waals surface area (Å²) in [7, 11) is 0. The lowest BCUT2D eigenvalue weighted by Gasteiger charge is -2.12. The molecule has 0 unspecified atom stereocenters. The molecule has 66 heavy (non-hydrogen) atoms. The number of aromatic nitrogens is 3. The largest absolute Gasteiger partial charge is 0.248 e. The van der Waals surface area contributed by atoms with E-state index in [0.717, 1.165) is 72.8 Å². The van der Waals surface area contributed by atoms with Crippen LogP contribution in [0.15, 0.2) is 261 Å². The molecule has 0 spiro atoms. The van der Waals surface area contributed by atoms with E-state index in [1.54, 1.807) is 0 Å². The molecule has 0 atom stereocenters. The third kappa shape index (κ3) is 8.62. The minimum Gasteiger partial charge on any atom is -0.248 e. The van der Waals surface area contributed by atoms with Gasteiger partial charge in [-0.15, -0.1) is 0 Å². The van der Waals surface area contributed by atoms with Gasteiger partial charge in [-0.05, 0) is 86.0 Å². The summed E-state index contributed by atoms with van der Waals surface area (Å²) in [6.45, 7) is 0. The topological polar surface area (TPSA) is 38.7 Å². The van der Waals surface area contributed by atoms with Crippen molar-refractivity contribution in [2.75, 3.05) is 0 Å². The first-order chi connectivity index (χ1) is 32.7. The van der Waals surface area contributed by atoms with Crippen LogP contribution in [0.2, 0.25) is 0 Å². The van der Waals surface area contributed by atoms with Crippen LogP contribution >= 0.6 is 0 Å². The summed E-state index contributed by atoms with van der Waals surface area (Å²) in [4.78, 5) is 15.1. The standard InChI is InChI=1S/C63H43N3/c1-5-15-44(16-6-1)58-41-59(49-17-7-2-8-18-49)64-60(42-58)51-35-31-47(32-36-51)56-25-13-23-54(39-56)45-27-29-46(30-28-45)55-24-14-26-57(40-55)48-33-37-52(38-34-48)62-43-61(50-19-9-3-10-20-50)65-63(66-62)53-21-11-4-12-22-53/h1-43H. The van der Waals surface area contributed by atoms with E-state index in [2.05, 4.69) is 218 Å². The van der Waals surface area contributed by atoms with E-state index in [1.165, 1.54) is 33.4 Å². The Labute approximate surface area is 386 Å². The third-order valence-electron chi connectivity index (χ3n) is 12.1. The first kappa shape index (κ1) is 40.0. The van der Waals surface area contributed by atoms with Crippen LogP contribution in [0.25, 0.3) is 112 Å². The van der Waals surface area contributed by atoms with Gasteiger partial charge >= 0.3 is 0 Å². The predicted octanol–water partition coefficient (Wildman–Crippen LogP) is 16.5. The first-order valence-electron chi connectivity index (χ1n) is 22.3. The van der Waals surface area contributed by atoms with Crippen LogP contribution in [0.1, 0.15) is 0 Å². The van der Waals surface area contributed by atoms with E-state index < -0.39 is 0 Å². The second kappa shape index (κ2) is 18.1. The van der Waals surface area contributed by atoms with Gasteiger partial charge in [0.25, 0.3) is 0 Å². The number of pyridine rings is 1. The zero-order valence-electron chi connectivity index (χ0n) is 36.2. The highest BCUT2D eigenvalue weighted by molar-refractivity contribution is 5.81. The molecular formula is C63H43N3. The lowest BCUT2D eigenvalue weighted by Crippen LogP contribution is -1.95. The molecule has 0 bridgehead atoms. The van der Waals surface area contributed by atoms with Crippen molar-refractivity contribution in [2.24, 2.45) is 0 Å². The molecule has 9 aromatic carbocycles. The SMILES string of the molecule is c1ccc(-c2cc(-c3ccccc3)nc(-c3ccc(-c4cccc(-c5ccc(-c6cccc(-c7ccc(-c8cc(-c9ccccc9)nc(-c9ccccc9)n8)cc7)c6)cc5)c4)cc3)c2)cc1. The molecule has 0 aliphatic carbocycles. The second-order valence-electron chi connectivity index (χ2n) is 16.4. The maximum Gasteiger partial charge on any atom is 0.160 e. The zero-order chi connectivity index (χ0) is 44.1. The molecule has 2 aromatic heterocycles. The lowest BCUT2D eigenvalue weighted by molar-refractivity contribution is 1.18. The van der Waals surface area contributed by atoms with E-state index in [0.29, 0.717) is 5.82 Å². The molecule has 11 rings (SSSR count). The van der Waals surface area contributed by atoms with Crippen molar-refractivity contribution < 1.29 is 0 Å². The Bertz CT molecular complexity index is 3060. The Kier molecular flexibility index (Phi) is 11.0. The van der Waals surface area contributed by atoms with E-state index in [4.69, 9.17) is 15.0 Å². The molecule has 0 saturated heterocycles. The fraction of sp³-hybridized carbons (Fsp3) is 0. The van der Waals surface area contributed by atoms with Gasteiger partial charge in [-0.2, -0.15) is 0 Å². The summed E-state index contributed by atoms with van der Waals surface area (Å²) in [6, 6.07) is 91.8. The maximum atomic E-state index is 5.14. The smallest absolute Gasteiger partial charge is 0.160 e. The van der Waals surface area contributed by atoms with E-state index in [1.807, 2.05) is 42.5 Å². The Balaban J connectivity index is 0.819. The highest BCUT2D eigenvalue weighted by atomic mass is 14.9. The summed E-state index contributed by atoms with van der Waals surface area (Å²) in [5.41, 5.74) is 20.7. The second-order valence-corrected chi connectivity index (χ2v) is 16.4. The fourth-order valence-corrected chi connectivity index (χ4v) is 8.58. The number of nitrogens with zero attached hydrogens (tertiary/aromatic N) is 3. The van der Waals surface area contributed by atoms with Gasteiger partial charge in [-0.1, -0.05) is 231 Å². The Morgan fingerprint density at radius 1 is 0.152 bits per heavy atom. The molecule has 0 saturated carbocycles. The minimum absolute atomic E-state index is 0.713. The van der Waals surface area contributed by atoms with Crippen molar-refractivity contribution >= 4 is 0 Å². The Morgan fingerprint density at radius 3 is 0.773 bits per heavy atom. The molecule has 3 heteroatoms. The van der Waals surface area contributed by atoms with E-state index in [9.17, 15) is 0 Å². The molecule has 0 amide bonds. The number of rotatable bonds is 10. The average Bonchev–Trinajstić information content (AvgIpc) is 3.42. The van der Waals surface area contributed by atoms with Crippen LogP contribution in [0, 0.1) is 0 Å². The van der Waals surface area contributed by atoms with E-state index in [-0.39, 0.29) is 0 Å². The number of hydrogen-bond acceptors (Lipinski definition) is 3. The maximum absolute atomic E-state index is 5.14. The van der Waals surface area contributed by atoms with Crippen LogP contribution in [-0.2, 0) is 0 Å². The lowest BCUT2D eigenvalue weighted by atomic mass is 9.95. The molecule has 0 N–H and O–H groups in total. The summed E-state index contributed by atoms with van der Waals surface area (Å²) < 4.78 is 0. The summed E-state index contributed by atoms with van der Waals surface area (Å²) in [6.07, 6.45) is 0. The van der Waals surface area contributed by atoms with Crippen LogP contribution in [0.5, 0.6) is 0 Å². The molecule has 0 aliphatic rings. The van der Waals surface area contributed by atoms with Crippen molar-refractivity contribution in [2.45, 2.75) is 0 Å². The quantitative estimate of drug-likeness (QED) is 0.138. The highest BCUT2D eigenvalue weighted by Crippen LogP contribution is 2.35. The average molecular weight is 842 g/mol.